The monoisotopic (exact) mass is 282 g/mol. The fourth-order valence-corrected chi connectivity index (χ4v) is 2.32. The molecular weight excluding hydrogens is 268 g/mol. The SMILES string of the molecule is COc1cccc2c(Br)nn(CC(C)C)c12. The van der Waals surface area contributed by atoms with Crippen molar-refractivity contribution in [3.05, 3.63) is 22.8 Å². The molecule has 0 saturated carbocycles. The van der Waals surface area contributed by atoms with Gasteiger partial charge >= 0.3 is 0 Å². The maximum absolute atomic E-state index is 5.38. The summed E-state index contributed by atoms with van der Waals surface area (Å²) >= 11 is 3.48. The first-order valence-electron chi connectivity index (χ1n) is 5.32. The number of fused-ring (bicyclic) bond motifs is 1. The second-order valence-corrected chi connectivity index (χ2v) is 4.97. The van der Waals surface area contributed by atoms with Gasteiger partial charge in [-0.15, -0.1) is 0 Å². The molecule has 0 atom stereocenters. The van der Waals surface area contributed by atoms with E-state index in [1.165, 1.54) is 0 Å². The normalized spacial score (nSPS) is 11.3. The molecular formula is C12H15BrN2O. The van der Waals surface area contributed by atoms with Gasteiger partial charge in [0.25, 0.3) is 0 Å². The Labute approximate surface area is 104 Å². The number of hydrogen-bond donors (Lipinski definition) is 0. The quantitative estimate of drug-likeness (QED) is 0.862. The van der Waals surface area contributed by atoms with Crippen LogP contribution in [-0.2, 0) is 6.54 Å². The number of rotatable bonds is 3. The third-order valence-electron chi connectivity index (χ3n) is 2.45. The first-order valence-corrected chi connectivity index (χ1v) is 6.11. The Morgan fingerprint density at radius 3 is 2.81 bits per heavy atom. The summed E-state index contributed by atoms with van der Waals surface area (Å²) in [7, 11) is 1.69. The topological polar surface area (TPSA) is 27.1 Å². The lowest BCUT2D eigenvalue weighted by Crippen LogP contribution is -2.06. The Kier molecular flexibility index (Phi) is 3.19. The Morgan fingerprint density at radius 1 is 1.44 bits per heavy atom. The Balaban J connectivity index is 2.64. The Hall–Kier alpha value is -1.03. The number of nitrogens with zero attached hydrogens (tertiary/aromatic N) is 2. The van der Waals surface area contributed by atoms with Gasteiger partial charge < -0.3 is 4.74 Å². The molecule has 0 radical (unpaired) electrons. The molecule has 0 bridgehead atoms. The zero-order chi connectivity index (χ0) is 11.7. The van der Waals surface area contributed by atoms with Gasteiger partial charge in [-0.25, -0.2) is 0 Å². The zero-order valence-corrected chi connectivity index (χ0v) is 11.3. The number of halogens is 1. The first-order chi connectivity index (χ1) is 7.63. The third-order valence-corrected chi connectivity index (χ3v) is 3.03. The summed E-state index contributed by atoms with van der Waals surface area (Å²) in [6.45, 7) is 5.25. The van der Waals surface area contributed by atoms with Crippen molar-refractivity contribution in [1.82, 2.24) is 9.78 Å². The predicted molar refractivity (Wildman–Crippen MR) is 68.8 cm³/mol. The average Bonchev–Trinajstić information content (AvgIpc) is 2.55. The van der Waals surface area contributed by atoms with Crippen molar-refractivity contribution in [2.75, 3.05) is 7.11 Å². The summed E-state index contributed by atoms with van der Waals surface area (Å²) in [4.78, 5) is 0. The van der Waals surface area contributed by atoms with Gasteiger partial charge in [-0.3, -0.25) is 4.68 Å². The van der Waals surface area contributed by atoms with Crippen LogP contribution in [0, 0.1) is 5.92 Å². The van der Waals surface area contributed by atoms with Gasteiger partial charge in [-0.05, 0) is 34.0 Å². The lowest BCUT2D eigenvalue weighted by Gasteiger charge is -2.08. The summed E-state index contributed by atoms with van der Waals surface area (Å²) < 4.78 is 8.26. The van der Waals surface area contributed by atoms with E-state index in [4.69, 9.17) is 4.74 Å². The molecule has 0 aliphatic rings. The van der Waals surface area contributed by atoms with E-state index in [0.29, 0.717) is 5.92 Å². The van der Waals surface area contributed by atoms with E-state index in [0.717, 1.165) is 27.8 Å². The highest BCUT2D eigenvalue weighted by molar-refractivity contribution is 9.10. The summed E-state index contributed by atoms with van der Waals surface area (Å²) in [5.41, 5.74) is 1.06. The highest BCUT2D eigenvalue weighted by atomic mass is 79.9. The van der Waals surface area contributed by atoms with Gasteiger partial charge in [0.05, 0.1) is 7.11 Å². The van der Waals surface area contributed by atoms with E-state index in [9.17, 15) is 0 Å². The lowest BCUT2D eigenvalue weighted by molar-refractivity contribution is 0.412. The lowest BCUT2D eigenvalue weighted by atomic mass is 10.2. The number of para-hydroxylation sites is 1. The maximum Gasteiger partial charge on any atom is 0.144 e. The molecule has 0 unspecified atom stereocenters. The largest absolute Gasteiger partial charge is 0.494 e. The minimum absolute atomic E-state index is 0.555. The van der Waals surface area contributed by atoms with Crippen molar-refractivity contribution < 1.29 is 4.74 Å². The third kappa shape index (κ3) is 1.94. The summed E-state index contributed by atoms with van der Waals surface area (Å²) in [5.74, 6) is 1.43. The van der Waals surface area contributed by atoms with E-state index in [-0.39, 0.29) is 0 Å². The molecule has 0 fully saturated rings. The van der Waals surface area contributed by atoms with Crippen molar-refractivity contribution in [1.29, 1.82) is 0 Å². The molecule has 3 nitrogen and oxygen atoms in total. The highest BCUT2D eigenvalue weighted by Gasteiger charge is 2.13. The van der Waals surface area contributed by atoms with Gasteiger partial charge in [-0.2, -0.15) is 5.10 Å². The second-order valence-electron chi connectivity index (χ2n) is 4.22. The smallest absolute Gasteiger partial charge is 0.144 e. The number of hydrogen-bond acceptors (Lipinski definition) is 2. The van der Waals surface area contributed by atoms with E-state index in [2.05, 4.69) is 34.9 Å². The van der Waals surface area contributed by atoms with E-state index in [1.54, 1.807) is 7.11 Å². The van der Waals surface area contributed by atoms with Gasteiger partial charge in [0.2, 0.25) is 0 Å². The molecule has 4 heteroatoms. The van der Waals surface area contributed by atoms with E-state index in [1.807, 2.05) is 22.9 Å². The zero-order valence-electron chi connectivity index (χ0n) is 9.70. The van der Waals surface area contributed by atoms with E-state index >= 15 is 0 Å². The molecule has 1 heterocycles. The maximum atomic E-state index is 5.38. The van der Waals surface area contributed by atoms with Crippen LogP contribution in [0.4, 0.5) is 0 Å². The molecule has 2 rings (SSSR count). The molecule has 0 amide bonds. The Bertz CT molecular complexity index is 505. The van der Waals surface area contributed by atoms with Crippen molar-refractivity contribution in [3.8, 4) is 5.75 Å². The molecule has 1 aromatic heterocycles. The minimum atomic E-state index is 0.555. The predicted octanol–water partition coefficient (Wildman–Crippen LogP) is 3.46. The van der Waals surface area contributed by atoms with Crippen molar-refractivity contribution in [3.63, 3.8) is 0 Å². The molecule has 0 aliphatic heterocycles. The molecule has 1 aromatic carbocycles. The van der Waals surface area contributed by atoms with E-state index < -0.39 is 0 Å². The van der Waals surface area contributed by atoms with Crippen LogP contribution in [0.5, 0.6) is 5.75 Å². The molecule has 0 aliphatic carbocycles. The molecule has 16 heavy (non-hydrogen) atoms. The number of ether oxygens (including phenoxy) is 1. The van der Waals surface area contributed by atoms with Crippen LogP contribution in [0.1, 0.15) is 13.8 Å². The van der Waals surface area contributed by atoms with Crippen LogP contribution in [0.25, 0.3) is 10.9 Å². The fraction of sp³-hybridized carbons (Fsp3) is 0.417. The molecule has 0 spiro atoms. The second kappa shape index (κ2) is 4.45. The summed E-state index contributed by atoms with van der Waals surface area (Å²) in [6, 6.07) is 5.99. The van der Waals surface area contributed by atoms with Crippen LogP contribution >= 0.6 is 15.9 Å². The van der Waals surface area contributed by atoms with Gasteiger partial charge in [0.1, 0.15) is 15.9 Å². The number of benzene rings is 1. The van der Waals surface area contributed by atoms with Crippen LogP contribution < -0.4 is 4.74 Å². The van der Waals surface area contributed by atoms with Gasteiger partial charge in [0, 0.05) is 11.9 Å². The molecule has 0 saturated heterocycles. The fourth-order valence-electron chi connectivity index (χ4n) is 1.81. The average molecular weight is 283 g/mol. The van der Waals surface area contributed by atoms with Crippen molar-refractivity contribution in [2.24, 2.45) is 5.92 Å². The van der Waals surface area contributed by atoms with Crippen molar-refractivity contribution in [2.45, 2.75) is 20.4 Å². The van der Waals surface area contributed by atoms with Crippen LogP contribution in [0.2, 0.25) is 0 Å². The number of aromatic nitrogens is 2. The number of methoxy groups -OCH3 is 1. The molecule has 0 N–H and O–H groups in total. The molecule has 2 aromatic rings. The van der Waals surface area contributed by atoms with Crippen LogP contribution in [-0.4, -0.2) is 16.9 Å². The van der Waals surface area contributed by atoms with Crippen LogP contribution in [0.15, 0.2) is 22.8 Å². The van der Waals surface area contributed by atoms with Gasteiger partial charge in [0.15, 0.2) is 0 Å². The summed E-state index contributed by atoms with van der Waals surface area (Å²) in [6.07, 6.45) is 0. The Morgan fingerprint density at radius 2 is 2.19 bits per heavy atom. The first kappa shape index (κ1) is 11.5. The minimum Gasteiger partial charge on any atom is -0.494 e. The summed E-state index contributed by atoms with van der Waals surface area (Å²) in [5, 5.41) is 5.59. The highest BCUT2D eigenvalue weighted by Crippen LogP contribution is 2.30. The van der Waals surface area contributed by atoms with Gasteiger partial charge in [-0.1, -0.05) is 19.9 Å². The van der Waals surface area contributed by atoms with Crippen molar-refractivity contribution >= 4 is 26.8 Å². The molecule has 86 valence electrons. The van der Waals surface area contributed by atoms with Crippen LogP contribution in [0.3, 0.4) is 0 Å². The standard InChI is InChI=1S/C12H15BrN2O/c1-8(2)7-15-11-9(12(13)14-15)5-4-6-10(11)16-3/h4-6,8H,7H2,1-3H3.